The number of rotatable bonds is 2. The number of carbonyl (C=O) groups excluding carboxylic acids is 1. The van der Waals surface area contributed by atoms with E-state index in [0.29, 0.717) is 12.0 Å². The summed E-state index contributed by atoms with van der Waals surface area (Å²) in [5, 5.41) is 0. The smallest absolute Gasteiger partial charge is 0.189 e. The molecule has 0 fully saturated rings. The van der Waals surface area contributed by atoms with Crippen LogP contribution in [0.5, 0.6) is 0 Å². The highest BCUT2D eigenvalue weighted by Gasteiger charge is 2.22. The van der Waals surface area contributed by atoms with Crippen molar-refractivity contribution in [2.45, 2.75) is 12.8 Å². The average molecular weight is 318 g/mol. The highest BCUT2D eigenvalue weighted by Crippen LogP contribution is 2.27. The summed E-state index contributed by atoms with van der Waals surface area (Å²) in [6, 6.07) is 12.4. The van der Waals surface area contributed by atoms with Gasteiger partial charge >= 0.3 is 0 Å². The summed E-state index contributed by atoms with van der Waals surface area (Å²) in [6.07, 6.45) is 8.69. The molecule has 4 heteroatoms. The first-order valence-corrected chi connectivity index (χ1v) is 7.83. The Hall–Kier alpha value is -3.01. The summed E-state index contributed by atoms with van der Waals surface area (Å²) in [4.78, 5) is 16.6. The van der Waals surface area contributed by atoms with Crippen molar-refractivity contribution >= 4 is 11.9 Å². The lowest BCUT2D eigenvalue weighted by Crippen LogP contribution is -2.14. The molecule has 0 spiro atoms. The van der Waals surface area contributed by atoms with Crippen molar-refractivity contribution in [2.75, 3.05) is 0 Å². The fourth-order valence-electron chi connectivity index (χ4n) is 3.03. The molecule has 2 aromatic carbocycles. The van der Waals surface area contributed by atoms with E-state index in [2.05, 4.69) is 4.98 Å². The first kappa shape index (κ1) is 14.6. The van der Waals surface area contributed by atoms with Gasteiger partial charge < -0.3 is 4.57 Å². The van der Waals surface area contributed by atoms with Crippen LogP contribution in [0.4, 0.5) is 4.39 Å². The zero-order valence-electron chi connectivity index (χ0n) is 12.9. The van der Waals surface area contributed by atoms with Gasteiger partial charge in [0.05, 0.1) is 6.33 Å². The second-order valence-corrected chi connectivity index (χ2v) is 5.86. The van der Waals surface area contributed by atoms with Gasteiger partial charge in [-0.25, -0.2) is 9.37 Å². The molecule has 3 aromatic rings. The molecule has 1 heterocycles. The predicted octanol–water partition coefficient (Wildman–Crippen LogP) is 4.22. The van der Waals surface area contributed by atoms with E-state index >= 15 is 0 Å². The minimum atomic E-state index is -0.368. The van der Waals surface area contributed by atoms with Gasteiger partial charge in [0.1, 0.15) is 5.82 Å². The van der Waals surface area contributed by atoms with Gasteiger partial charge in [-0.1, -0.05) is 18.2 Å². The van der Waals surface area contributed by atoms with Gasteiger partial charge in [0, 0.05) is 29.2 Å². The number of hydrogen-bond acceptors (Lipinski definition) is 2. The molecule has 0 bridgehead atoms. The number of ketones is 1. The number of imidazole rings is 1. The van der Waals surface area contributed by atoms with Crippen molar-refractivity contribution < 1.29 is 9.18 Å². The topological polar surface area (TPSA) is 34.9 Å². The number of halogens is 1. The number of fused-ring (bicyclic) bond motifs is 1. The molecule has 24 heavy (non-hydrogen) atoms. The number of aromatic nitrogens is 2. The first-order valence-electron chi connectivity index (χ1n) is 7.83. The molecule has 0 unspecified atom stereocenters. The molecule has 3 nitrogen and oxygen atoms in total. The Bertz CT molecular complexity index is 925. The Morgan fingerprint density at radius 2 is 1.92 bits per heavy atom. The number of hydrogen-bond donors (Lipinski definition) is 0. The van der Waals surface area contributed by atoms with Crippen LogP contribution in [0.3, 0.4) is 0 Å². The molecule has 1 aliphatic rings. The number of aryl methyl sites for hydroxylation is 1. The van der Waals surface area contributed by atoms with E-state index in [1.807, 2.05) is 41.1 Å². The Kier molecular flexibility index (Phi) is 3.58. The molecular formula is C20H15FN2O. The molecule has 0 radical (unpaired) electrons. The van der Waals surface area contributed by atoms with Crippen molar-refractivity contribution in [3.05, 3.63) is 89.3 Å². The second-order valence-electron chi connectivity index (χ2n) is 5.86. The Morgan fingerprint density at radius 1 is 1.08 bits per heavy atom. The summed E-state index contributed by atoms with van der Waals surface area (Å²) < 4.78 is 15.3. The molecule has 0 N–H and O–H groups in total. The van der Waals surface area contributed by atoms with Gasteiger partial charge in [-0.2, -0.15) is 0 Å². The molecule has 0 atom stereocenters. The Labute approximate surface area is 139 Å². The van der Waals surface area contributed by atoms with Crippen LogP contribution in [0.15, 0.2) is 66.8 Å². The molecule has 4 rings (SSSR count). The van der Waals surface area contributed by atoms with Gasteiger partial charge in [-0.05, 0) is 54.3 Å². The molecular weight excluding hydrogens is 303 g/mol. The van der Waals surface area contributed by atoms with Gasteiger partial charge in [0.2, 0.25) is 0 Å². The number of Topliss-reactive ketones (excluding diaryl/α,β-unsaturated/α-hetero) is 1. The molecule has 0 saturated carbocycles. The first-order chi connectivity index (χ1) is 11.7. The van der Waals surface area contributed by atoms with Crippen LogP contribution in [-0.2, 0) is 6.42 Å². The lowest BCUT2D eigenvalue weighted by atomic mass is 9.86. The SMILES string of the molecule is O=C1/C(=C/c2ccc(-n3ccnc3)cc2)CCc2ccc(F)cc21. The lowest BCUT2D eigenvalue weighted by Gasteiger charge is -2.17. The summed E-state index contributed by atoms with van der Waals surface area (Å²) in [6.45, 7) is 0. The zero-order valence-corrected chi connectivity index (χ0v) is 12.9. The van der Waals surface area contributed by atoms with E-state index in [9.17, 15) is 9.18 Å². The monoisotopic (exact) mass is 318 g/mol. The zero-order chi connectivity index (χ0) is 16.5. The predicted molar refractivity (Wildman–Crippen MR) is 90.6 cm³/mol. The van der Waals surface area contributed by atoms with E-state index in [-0.39, 0.29) is 11.6 Å². The quantitative estimate of drug-likeness (QED) is 0.663. The lowest BCUT2D eigenvalue weighted by molar-refractivity contribution is 0.102. The maximum absolute atomic E-state index is 13.4. The maximum Gasteiger partial charge on any atom is 0.189 e. The van der Waals surface area contributed by atoms with Gasteiger partial charge in [-0.3, -0.25) is 4.79 Å². The van der Waals surface area contributed by atoms with Crippen molar-refractivity contribution in [1.29, 1.82) is 0 Å². The summed E-state index contributed by atoms with van der Waals surface area (Å²) in [5.41, 5.74) is 4.11. The van der Waals surface area contributed by atoms with Crippen LogP contribution >= 0.6 is 0 Å². The largest absolute Gasteiger partial charge is 0.306 e. The van der Waals surface area contributed by atoms with Crippen LogP contribution < -0.4 is 0 Å². The number of nitrogens with zero attached hydrogens (tertiary/aromatic N) is 2. The minimum Gasteiger partial charge on any atom is -0.306 e. The van der Waals surface area contributed by atoms with Crippen molar-refractivity contribution in [3.63, 3.8) is 0 Å². The summed E-state index contributed by atoms with van der Waals surface area (Å²) >= 11 is 0. The standard InChI is InChI=1S/C20H15FN2O/c21-17-6-5-15-3-4-16(20(24)19(15)12-17)11-14-1-7-18(8-2-14)23-10-9-22-13-23/h1-2,5-13H,3-4H2/b16-11+. The molecule has 118 valence electrons. The normalized spacial score (nSPS) is 15.5. The molecule has 1 aliphatic carbocycles. The van der Waals surface area contributed by atoms with Crippen molar-refractivity contribution in [3.8, 4) is 5.69 Å². The van der Waals surface area contributed by atoms with E-state index in [0.717, 1.165) is 28.8 Å². The second kappa shape index (κ2) is 5.89. The van der Waals surface area contributed by atoms with E-state index in [1.54, 1.807) is 18.6 Å². The molecule has 0 amide bonds. The van der Waals surface area contributed by atoms with Crippen LogP contribution in [0, 0.1) is 5.82 Å². The van der Waals surface area contributed by atoms with E-state index in [1.165, 1.54) is 12.1 Å². The van der Waals surface area contributed by atoms with Gasteiger partial charge in [0.25, 0.3) is 0 Å². The van der Waals surface area contributed by atoms with Crippen molar-refractivity contribution in [2.24, 2.45) is 0 Å². The van der Waals surface area contributed by atoms with Crippen LogP contribution in [0.25, 0.3) is 11.8 Å². The van der Waals surface area contributed by atoms with E-state index in [4.69, 9.17) is 0 Å². The minimum absolute atomic E-state index is 0.0746. The number of allylic oxidation sites excluding steroid dienone is 1. The summed E-state index contributed by atoms with van der Waals surface area (Å²) in [7, 11) is 0. The third-order valence-corrected chi connectivity index (χ3v) is 4.31. The highest BCUT2D eigenvalue weighted by molar-refractivity contribution is 6.13. The fraction of sp³-hybridized carbons (Fsp3) is 0.100. The molecule has 0 saturated heterocycles. The maximum atomic E-state index is 13.4. The van der Waals surface area contributed by atoms with Crippen LogP contribution in [0.1, 0.15) is 27.9 Å². The highest BCUT2D eigenvalue weighted by atomic mass is 19.1. The molecule has 1 aromatic heterocycles. The van der Waals surface area contributed by atoms with Gasteiger partial charge in [-0.15, -0.1) is 0 Å². The number of carbonyl (C=O) groups is 1. The Morgan fingerprint density at radius 3 is 2.67 bits per heavy atom. The third-order valence-electron chi connectivity index (χ3n) is 4.31. The third kappa shape index (κ3) is 2.67. The fourth-order valence-corrected chi connectivity index (χ4v) is 3.03. The van der Waals surface area contributed by atoms with Crippen LogP contribution in [0.2, 0.25) is 0 Å². The van der Waals surface area contributed by atoms with Gasteiger partial charge in [0.15, 0.2) is 5.78 Å². The van der Waals surface area contributed by atoms with E-state index < -0.39 is 0 Å². The molecule has 0 aliphatic heterocycles. The average Bonchev–Trinajstić information content (AvgIpc) is 3.13. The van der Waals surface area contributed by atoms with Crippen molar-refractivity contribution in [1.82, 2.24) is 9.55 Å². The number of benzene rings is 2. The van der Waals surface area contributed by atoms with Crippen LogP contribution in [-0.4, -0.2) is 15.3 Å². The Balaban J connectivity index is 1.63. The summed E-state index contributed by atoms with van der Waals surface area (Å²) in [5.74, 6) is -0.442.